The molecule has 0 aromatic rings. The molecule has 1 heterocycles. The van der Waals surface area contributed by atoms with Crippen LogP contribution < -0.4 is 10.5 Å². The molecule has 1 atom stereocenters. The van der Waals surface area contributed by atoms with Crippen LogP contribution in [0.4, 0.5) is 13.2 Å². The number of hydrogen-bond donors (Lipinski definition) is 2. The summed E-state index contributed by atoms with van der Waals surface area (Å²) in [6, 6.07) is -0.698. The predicted molar refractivity (Wildman–Crippen MR) is 59.5 cm³/mol. The molecule has 0 bridgehead atoms. The third kappa shape index (κ3) is 4.05. The van der Waals surface area contributed by atoms with Gasteiger partial charge in [0, 0.05) is 6.54 Å². The number of halogens is 3. The van der Waals surface area contributed by atoms with Gasteiger partial charge in [0.25, 0.3) is 10.2 Å². The van der Waals surface area contributed by atoms with Gasteiger partial charge in [0.2, 0.25) is 0 Å². The molecule has 0 aromatic carbocycles. The fourth-order valence-corrected chi connectivity index (χ4v) is 3.32. The summed E-state index contributed by atoms with van der Waals surface area (Å²) < 4.78 is 61.3. The molecule has 0 aromatic heterocycles. The largest absolute Gasteiger partial charge is 0.402 e. The van der Waals surface area contributed by atoms with Crippen molar-refractivity contribution in [2.45, 2.75) is 25.1 Å². The van der Waals surface area contributed by atoms with Crippen molar-refractivity contribution in [2.24, 2.45) is 5.73 Å². The summed E-state index contributed by atoms with van der Waals surface area (Å²) in [5.74, 6) is 0. The average Bonchev–Trinajstić information content (AvgIpc) is 2.62. The highest BCUT2D eigenvalue weighted by Crippen LogP contribution is 2.21. The van der Waals surface area contributed by atoms with E-state index in [2.05, 4.69) is 12.2 Å². The van der Waals surface area contributed by atoms with Crippen molar-refractivity contribution in [3.63, 3.8) is 0 Å². The molecule has 0 amide bonds. The highest BCUT2D eigenvalue weighted by molar-refractivity contribution is 7.87. The molecular formula is C7H12F3N3O2S2. The second-order valence-corrected chi connectivity index (χ2v) is 5.79. The van der Waals surface area contributed by atoms with E-state index in [0.29, 0.717) is 12.8 Å². The van der Waals surface area contributed by atoms with Gasteiger partial charge in [-0.25, -0.2) is 0 Å². The van der Waals surface area contributed by atoms with E-state index in [4.69, 9.17) is 5.73 Å². The van der Waals surface area contributed by atoms with Gasteiger partial charge >= 0.3 is 6.18 Å². The van der Waals surface area contributed by atoms with Crippen LogP contribution in [0.1, 0.15) is 12.8 Å². The number of hydrogen-bond acceptors (Lipinski definition) is 3. The van der Waals surface area contributed by atoms with Crippen molar-refractivity contribution >= 4 is 27.4 Å². The molecule has 0 spiro atoms. The van der Waals surface area contributed by atoms with Crippen LogP contribution in [0.5, 0.6) is 0 Å². The molecule has 1 unspecified atom stereocenters. The number of nitrogens with two attached hydrogens (primary N) is 1. The molecule has 1 aliphatic heterocycles. The fraction of sp³-hybridized carbons (Fsp3) is 0.857. The van der Waals surface area contributed by atoms with Crippen molar-refractivity contribution < 1.29 is 21.6 Å². The second-order valence-electron chi connectivity index (χ2n) is 3.61. The maximum Gasteiger partial charge on any atom is 0.402 e. The molecule has 1 saturated heterocycles. The maximum atomic E-state index is 11.9. The van der Waals surface area contributed by atoms with E-state index < -0.39 is 29.0 Å². The summed E-state index contributed by atoms with van der Waals surface area (Å²) in [5.41, 5.74) is 5.34. The van der Waals surface area contributed by atoms with Gasteiger partial charge in [-0.3, -0.25) is 0 Å². The summed E-state index contributed by atoms with van der Waals surface area (Å²) in [5, 5.41) is 0. The van der Waals surface area contributed by atoms with Crippen LogP contribution >= 0.6 is 12.2 Å². The molecule has 1 aliphatic rings. The van der Waals surface area contributed by atoms with Gasteiger partial charge in [-0.2, -0.15) is 30.6 Å². The molecule has 100 valence electrons. The summed E-state index contributed by atoms with van der Waals surface area (Å²) in [6.45, 7) is -1.48. The molecule has 1 fully saturated rings. The first-order chi connectivity index (χ1) is 7.63. The fourth-order valence-electron chi connectivity index (χ4n) is 1.57. The summed E-state index contributed by atoms with van der Waals surface area (Å²) in [4.78, 5) is -0.0279. The normalized spacial score (nSPS) is 22.9. The summed E-state index contributed by atoms with van der Waals surface area (Å²) >= 11 is 4.68. The smallest absolute Gasteiger partial charge is 0.392 e. The lowest BCUT2D eigenvalue weighted by molar-refractivity contribution is -0.121. The zero-order valence-corrected chi connectivity index (χ0v) is 10.3. The minimum absolute atomic E-state index is 0.0279. The number of alkyl halides is 3. The Morgan fingerprint density at radius 1 is 1.53 bits per heavy atom. The average molecular weight is 291 g/mol. The number of rotatable bonds is 4. The lowest BCUT2D eigenvalue weighted by atomic mass is 10.2. The third-order valence-corrected chi connectivity index (χ3v) is 4.13. The van der Waals surface area contributed by atoms with Gasteiger partial charge in [0.05, 0.1) is 11.0 Å². The van der Waals surface area contributed by atoms with Crippen LogP contribution in [0, 0.1) is 0 Å². The molecule has 5 nitrogen and oxygen atoms in total. The van der Waals surface area contributed by atoms with Crippen molar-refractivity contribution in [1.29, 1.82) is 0 Å². The lowest BCUT2D eigenvalue weighted by Gasteiger charge is -2.23. The van der Waals surface area contributed by atoms with Gasteiger partial charge in [-0.1, -0.05) is 12.2 Å². The van der Waals surface area contributed by atoms with E-state index in [-0.39, 0.29) is 11.5 Å². The van der Waals surface area contributed by atoms with Crippen molar-refractivity contribution in [2.75, 3.05) is 13.1 Å². The monoisotopic (exact) mass is 291 g/mol. The van der Waals surface area contributed by atoms with Crippen LogP contribution in [0.25, 0.3) is 0 Å². The van der Waals surface area contributed by atoms with E-state index in [9.17, 15) is 21.6 Å². The summed E-state index contributed by atoms with van der Waals surface area (Å²) in [6.07, 6.45) is -3.64. The molecule has 1 rings (SSSR count). The maximum absolute atomic E-state index is 11.9. The van der Waals surface area contributed by atoms with Crippen molar-refractivity contribution in [3.8, 4) is 0 Å². The highest BCUT2D eigenvalue weighted by atomic mass is 32.2. The van der Waals surface area contributed by atoms with Gasteiger partial charge in [0.15, 0.2) is 0 Å². The Hall–Kier alpha value is -0.450. The standard InChI is InChI=1S/C7H12F3N3O2S2/c8-7(9,10)4-12-17(14,15)13-3-1-2-5(13)6(11)16/h5,12H,1-4H2,(H2,11,16). The Kier molecular flexibility index (Phi) is 4.33. The quantitative estimate of drug-likeness (QED) is 0.722. The van der Waals surface area contributed by atoms with Crippen LogP contribution in [-0.2, 0) is 10.2 Å². The predicted octanol–water partition coefficient (Wildman–Crippen LogP) is 0.134. The first-order valence-corrected chi connectivity index (χ1v) is 6.61. The Morgan fingerprint density at radius 2 is 2.12 bits per heavy atom. The highest BCUT2D eigenvalue weighted by Gasteiger charge is 2.38. The third-order valence-electron chi connectivity index (χ3n) is 2.30. The van der Waals surface area contributed by atoms with E-state index >= 15 is 0 Å². The Morgan fingerprint density at radius 3 is 2.59 bits per heavy atom. The Balaban J connectivity index is 2.73. The molecule has 0 saturated carbocycles. The van der Waals surface area contributed by atoms with Crippen molar-refractivity contribution in [1.82, 2.24) is 9.03 Å². The van der Waals surface area contributed by atoms with E-state index in [0.717, 1.165) is 4.31 Å². The van der Waals surface area contributed by atoms with E-state index in [1.54, 1.807) is 0 Å². The number of thiocarbonyl (C=S) groups is 1. The van der Waals surface area contributed by atoms with Gasteiger partial charge in [0.1, 0.15) is 6.54 Å². The molecule has 10 heteroatoms. The Bertz CT molecular complexity index is 396. The zero-order valence-electron chi connectivity index (χ0n) is 8.70. The SMILES string of the molecule is NC(=S)C1CCCN1S(=O)(=O)NCC(F)(F)F. The summed E-state index contributed by atoms with van der Waals surface area (Å²) in [7, 11) is -4.19. The minimum Gasteiger partial charge on any atom is -0.392 e. The number of nitrogens with one attached hydrogen (secondary N) is 1. The second kappa shape index (κ2) is 5.04. The topological polar surface area (TPSA) is 75.4 Å². The van der Waals surface area contributed by atoms with Crippen molar-refractivity contribution in [3.05, 3.63) is 0 Å². The van der Waals surface area contributed by atoms with Gasteiger partial charge in [-0.15, -0.1) is 0 Å². The van der Waals surface area contributed by atoms with Crippen LogP contribution in [0.2, 0.25) is 0 Å². The minimum atomic E-state index is -4.59. The lowest BCUT2D eigenvalue weighted by Crippen LogP contribution is -2.49. The molecule has 17 heavy (non-hydrogen) atoms. The van der Waals surface area contributed by atoms with Gasteiger partial charge in [-0.05, 0) is 12.8 Å². The molecule has 0 radical (unpaired) electrons. The van der Waals surface area contributed by atoms with E-state index in [1.807, 2.05) is 0 Å². The zero-order chi connectivity index (χ0) is 13.3. The number of nitrogens with zero attached hydrogens (tertiary/aromatic N) is 1. The molecular weight excluding hydrogens is 279 g/mol. The van der Waals surface area contributed by atoms with Crippen LogP contribution in [0.15, 0.2) is 0 Å². The molecule has 0 aliphatic carbocycles. The van der Waals surface area contributed by atoms with Crippen LogP contribution in [0.3, 0.4) is 0 Å². The Labute approximate surface area is 102 Å². The first kappa shape index (κ1) is 14.6. The first-order valence-electron chi connectivity index (χ1n) is 4.76. The van der Waals surface area contributed by atoms with E-state index in [1.165, 1.54) is 4.72 Å². The van der Waals surface area contributed by atoms with Gasteiger partial charge < -0.3 is 5.73 Å². The molecule has 3 N–H and O–H groups in total. The van der Waals surface area contributed by atoms with Crippen LogP contribution in [-0.4, -0.2) is 43.0 Å².